The van der Waals surface area contributed by atoms with Gasteiger partial charge in [0.2, 0.25) is 0 Å². The molecule has 10 aromatic rings. The number of fused-ring (bicyclic) bond motifs is 7. The number of para-hydroxylation sites is 1. The SMILES string of the molecule is C=Cc1cc2c(cc1Nc1ccccc1)c1ccc3c4ccccc4sc3c1n2-c1cccc(-c2cc(-c3ccccc3)cc(-c3ccccc3)n2)c1. The number of pyridine rings is 1. The van der Waals surface area contributed by atoms with E-state index in [1.165, 1.54) is 36.5 Å². The lowest BCUT2D eigenvalue weighted by molar-refractivity contribution is 1.18. The molecule has 3 nitrogen and oxygen atoms in total. The molecule has 53 heavy (non-hydrogen) atoms. The second kappa shape index (κ2) is 12.8. The summed E-state index contributed by atoms with van der Waals surface area (Å²) in [6, 6.07) is 62.5. The lowest BCUT2D eigenvalue weighted by Gasteiger charge is -2.14. The smallest absolute Gasteiger partial charge is 0.0719 e. The summed E-state index contributed by atoms with van der Waals surface area (Å²) < 4.78 is 5.01. The van der Waals surface area contributed by atoms with E-state index in [1.54, 1.807) is 0 Å². The van der Waals surface area contributed by atoms with Crippen LogP contribution in [0.5, 0.6) is 0 Å². The molecular weight excluding hydrogens is 663 g/mol. The average Bonchev–Trinajstić information content (AvgIpc) is 3.77. The summed E-state index contributed by atoms with van der Waals surface area (Å²) in [7, 11) is 0. The molecule has 250 valence electrons. The molecule has 4 heteroatoms. The first kappa shape index (κ1) is 31.0. The van der Waals surface area contributed by atoms with E-state index in [1.807, 2.05) is 29.5 Å². The second-order valence-electron chi connectivity index (χ2n) is 13.3. The van der Waals surface area contributed by atoms with Gasteiger partial charge in [0, 0.05) is 54.4 Å². The molecule has 10 rings (SSSR count). The van der Waals surface area contributed by atoms with Crippen molar-refractivity contribution in [2.24, 2.45) is 0 Å². The van der Waals surface area contributed by atoms with Gasteiger partial charge in [0.25, 0.3) is 0 Å². The van der Waals surface area contributed by atoms with Gasteiger partial charge >= 0.3 is 0 Å². The predicted molar refractivity (Wildman–Crippen MR) is 228 cm³/mol. The molecule has 3 aromatic heterocycles. The molecule has 0 fully saturated rings. The van der Waals surface area contributed by atoms with Crippen LogP contribution in [0.15, 0.2) is 183 Å². The van der Waals surface area contributed by atoms with Crippen LogP contribution in [0.4, 0.5) is 11.4 Å². The van der Waals surface area contributed by atoms with Gasteiger partial charge in [-0.25, -0.2) is 4.98 Å². The van der Waals surface area contributed by atoms with Crippen LogP contribution < -0.4 is 5.32 Å². The molecule has 0 saturated heterocycles. The fourth-order valence-electron chi connectivity index (χ4n) is 7.60. The molecule has 1 N–H and O–H groups in total. The highest BCUT2D eigenvalue weighted by atomic mass is 32.1. The van der Waals surface area contributed by atoms with Crippen molar-refractivity contribution in [3.63, 3.8) is 0 Å². The number of anilines is 2. The number of aromatic nitrogens is 2. The van der Waals surface area contributed by atoms with Gasteiger partial charge in [-0.2, -0.15) is 0 Å². The van der Waals surface area contributed by atoms with Crippen molar-refractivity contribution in [3.8, 4) is 39.3 Å². The number of benzene rings is 7. The largest absolute Gasteiger partial charge is 0.355 e. The Morgan fingerprint density at radius 1 is 0.528 bits per heavy atom. The van der Waals surface area contributed by atoms with E-state index in [-0.39, 0.29) is 0 Å². The fraction of sp³-hybridized carbons (Fsp3) is 0. The Morgan fingerprint density at radius 2 is 1.19 bits per heavy atom. The Bertz CT molecular complexity index is 2920. The lowest BCUT2D eigenvalue weighted by atomic mass is 10.00. The van der Waals surface area contributed by atoms with Crippen molar-refractivity contribution in [2.75, 3.05) is 5.32 Å². The number of thiophene rings is 1. The molecule has 0 spiro atoms. The molecule has 0 amide bonds. The van der Waals surface area contributed by atoms with Gasteiger partial charge in [0.1, 0.15) is 0 Å². The van der Waals surface area contributed by atoms with Crippen LogP contribution >= 0.6 is 11.3 Å². The maximum atomic E-state index is 5.28. The number of hydrogen-bond acceptors (Lipinski definition) is 3. The van der Waals surface area contributed by atoms with Gasteiger partial charge in [-0.15, -0.1) is 11.3 Å². The summed E-state index contributed by atoms with van der Waals surface area (Å²) in [5.41, 5.74) is 12.9. The highest BCUT2D eigenvalue weighted by molar-refractivity contribution is 7.26. The molecule has 0 aliphatic rings. The minimum absolute atomic E-state index is 0.931. The maximum Gasteiger partial charge on any atom is 0.0719 e. The van der Waals surface area contributed by atoms with E-state index in [9.17, 15) is 0 Å². The van der Waals surface area contributed by atoms with Crippen LogP contribution in [0, 0.1) is 0 Å². The maximum absolute atomic E-state index is 5.28. The van der Waals surface area contributed by atoms with E-state index in [0.29, 0.717) is 0 Å². The molecule has 0 aliphatic heterocycles. The van der Waals surface area contributed by atoms with E-state index >= 15 is 0 Å². The quantitative estimate of drug-likeness (QED) is 0.180. The van der Waals surface area contributed by atoms with Crippen LogP contribution in [0.3, 0.4) is 0 Å². The van der Waals surface area contributed by atoms with Crippen molar-refractivity contribution in [2.45, 2.75) is 0 Å². The molecule has 0 unspecified atom stereocenters. The van der Waals surface area contributed by atoms with Crippen molar-refractivity contribution in [3.05, 3.63) is 188 Å². The number of hydrogen-bond donors (Lipinski definition) is 1. The summed E-state index contributed by atoms with van der Waals surface area (Å²) in [4.78, 5) is 5.28. The van der Waals surface area contributed by atoms with Gasteiger partial charge < -0.3 is 9.88 Å². The lowest BCUT2D eigenvalue weighted by Crippen LogP contribution is -1.97. The summed E-state index contributed by atoms with van der Waals surface area (Å²) >= 11 is 1.86. The van der Waals surface area contributed by atoms with Crippen LogP contribution in [0.25, 0.3) is 87.4 Å². The third-order valence-electron chi connectivity index (χ3n) is 10.1. The van der Waals surface area contributed by atoms with Gasteiger partial charge in [-0.3, -0.25) is 0 Å². The molecule has 3 heterocycles. The molecule has 0 aliphatic carbocycles. The Labute approximate surface area is 311 Å². The van der Waals surface area contributed by atoms with Crippen LogP contribution in [0.1, 0.15) is 5.56 Å². The molecule has 0 radical (unpaired) electrons. The summed E-state index contributed by atoms with van der Waals surface area (Å²) in [5, 5.41) is 8.63. The van der Waals surface area contributed by atoms with Crippen molar-refractivity contribution in [1.82, 2.24) is 9.55 Å². The van der Waals surface area contributed by atoms with Crippen molar-refractivity contribution < 1.29 is 0 Å². The first-order valence-corrected chi connectivity index (χ1v) is 18.6. The Hall–Kier alpha value is -6.75. The molecule has 7 aromatic carbocycles. The molecule has 0 bridgehead atoms. The third-order valence-corrected chi connectivity index (χ3v) is 11.3. The highest BCUT2D eigenvalue weighted by Gasteiger charge is 2.20. The minimum atomic E-state index is 0.931. The molecule has 0 atom stereocenters. The second-order valence-corrected chi connectivity index (χ2v) is 14.4. The Morgan fingerprint density at radius 3 is 1.96 bits per heavy atom. The van der Waals surface area contributed by atoms with Gasteiger partial charge in [-0.1, -0.05) is 134 Å². The van der Waals surface area contributed by atoms with Crippen molar-refractivity contribution in [1.29, 1.82) is 0 Å². The standard InChI is InChI=1S/C49H33N3S/c1-2-32-30-46-42(31-45(32)50-37-20-10-5-11-21-37)40-25-26-41-39-23-12-13-24-47(39)53-49(41)48(40)52(46)38-22-14-19-35(27-38)44-29-36(33-15-6-3-7-16-33)28-43(51-44)34-17-8-4-9-18-34/h2-31,50H,1H2. The monoisotopic (exact) mass is 695 g/mol. The third kappa shape index (κ3) is 5.40. The van der Waals surface area contributed by atoms with Gasteiger partial charge in [-0.05, 0) is 71.3 Å². The van der Waals surface area contributed by atoms with Crippen molar-refractivity contribution >= 4 is 70.8 Å². The van der Waals surface area contributed by atoms with Crippen LogP contribution in [-0.2, 0) is 0 Å². The Kier molecular flexibility index (Phi) is 7.48. The zero-order valence-electron chi connectivity index (χ0n) is 28.8. The van der Waals surface area contributed by atoms with Gasteiger partial charge in [0.15, 0.2) is 0 Å². The first-order chi connectivity index (χ1) is 26.2. The van der Waals surface area contributed by atoms with Crippen LogP contribution in [0.2, 0.25) is 0 Å². The Balaban J connectivity index is 1.23. The number of rotatable bonds is 7. The fourth-order valence-corrected chi connectivity index (χ4v) is 8.84. The van der Waals surface area contributed by atoms with Gasteiger partial charge in [0.05, 0.1) is 27.1 Å². The summed E-state index contributed by atoms with van der Waals surface area (Å²) in [6.45, 7) is 4.24. The number of nitrogens with one attached hydrogen (secondary N) is 1. The van der Waals surface area contributed by atoms with Crippen LogP contribution in [-0.4, -0.2) is 9.55 Å². The van der Waals surface area contributed by atoms with E-state index in [4.69, 9.17) is 4.98 Å². The normalized spacial score (nSPS) is 11.5. The first-order valence-electron chi connectivity index (χ1n) is 17.8. The average molecular weight is 696 g/mol. The molecular formula is C49H33N3S. The minimum Gasteiger partial charge on any atom is -0.355 e. The summed E-state index contributed by atoms with van der Waals surface area (Å²) in [5.74, 6) is 0. The highest BCUT2D eigenvalue weighted by Crippen LogP contribution is 2.44. The molecule has 0 saturated carbocycles. The zero-order chi connectivity index (χ0) is 35.3. The van der Waals surface area contributed by atoms with E-state index in [0.717, 1.165) is 61.8 Å². The topological polar surface area (TPSA) is 29.9 Å². The van der Waals surface area contributed by atoms with E-state index < -0.39 is 0 Å². The summed E-state index contributed by atoms with van der Waals surface area (Å²) in [6.07, 6.45) is 1.95. The number of nitrogens with zero attached hydrogens (tertiary/aromatic N) is 2. The zero-order valence-corrected chi connectivity index (χ0v) is 29.6. The predicted octanol–water partition coefficient (Wildman–Crippen LogP) is 13.9. The van der Waals surface area contributed by atoms with E-state index in [2.05, 4.69) is 180 Å².